The van der Waals surface area contributed by atoms with Gasteiger partial charge in [0.15, 0.2) is 6.61 Å². The van der Waals surface area contributed by atoms with Gasteiger partial charge in [-0.1, -0.05) is 34.1 Å². The second kappa shape index (κ2) is 8.53. The van der Waals surface area contributed by atoms with Crippen LogP contribution >= 0.6 is 15.9 Å². The zero-order valence-electron chi connectivity index (χ0n) is 16.9. The number of esters is 1. The van der Waals surface area contributed by atoms with E-state index in [1.807, 2.05) is 50.4 Å². The van der Waals surface area contributed by atoms with Crippen LogP contribution in [0.15, 0.2) is 46.9 Å². The van der Waals surface area contributed by atoms with E-state index in [9.17, 15) is 9.59 Å². The van der Waals surface area contributed by atoms with E-state index in [-0.39, 0.29) is 12.5 Å². The van der Waals surface area contributed by atoms with Gasteiger partial charge in [-0.05, 0) is 43.8 Å². The Bertz CT molecular complexity index is 1150. The van der Waals surface area contributed by atoms with Gasteiger partial charge >= 0.3 is 5.97 Å². The molecule has 6 nitrogen and oxygen atoms in total. The van der Waals surface area contributed by atoms with E-state index in [2.05, 4.69) is 26.1 Å². The first kappa shape index (κ1) is 20.5. The molecular formula is C23H22BrN3O3. The van der Waals surface area contributed by atoms with E-state index in [4.69, 9.17) is 9.72 Å². The number of halogens is 1. The molecule has 0 atom stereocenters. The van der Waals surface area contributed by atoms with Gasteiger partial charge in [-0.3, -0.25) is 9.78 Å². The Morgan fingerprint density at radius 3 is 2.83 bits per heavy atom. The number of rotatable bonds is 4. The lowest BCUT2D eigenvalue weighted by molar-refractivity contribution is -0.119. The van der Waals surface area contributed by atoms with E-state index >= 15 is 0 Å². The van der Waals surface area contributed by atoms with Crippen molar-refractivity contribution in [2.75, 3.05) is 25.5 Å². The van der Waals surface area contributed by atoms with E-state index in [0.717, 1.165) is 45.2 Å². The van der Waals surface area contributed by atoms with Gasteiger partial charge in [0.05, 0.1) is 11.1 Å². The minimum Gasteiger partial charge on any atom is -0.452 e. The maximum atomic E-state index is 13.0. The van der Waals surface area contributed by atoms with Gasteiger partial charge in [0.1, 0.15) is 0 Å². The first-order chi connectivity index (χ1) is 14.4. The molecule has 1 N–H and O–H groups in total. The first-order valence-corrected chi connectivity index (χ1v) is 10.5. The second-order valence-corrected chi connectivity index (χ2v) is 8.36. The average Bonchev–Trinajstić information content (AvgIpc) is 2.73. The van der Waals surface area contributed by atoms with Gasteiger partial charge < -0.3 is 15.0 Å². The molecule has 2 heterocycles. The Hall–Kier alpha value is -2.77. The Morgan fingerprint density at radius 1 is 1.23 bits per heavy atom. The van der Waals surface area contributed by atoms with Gasteiger partial charge in [-0.15, -0.1) is 0 Å². The van der Waals surface area contributed by atoms with E-state index in [1.54, 1.807) is 6.07 Å². The van der Waals surface area contributed by atoms with Crippen LogP contribution in [0.25, 0.3) is 10.9 Å². The summed E-state index contributed by atoms with van der Waals surface area (Å²) < 4.78 is 6.38. The highest BCUT2D eigenvalue weighted by Gasteiger charge is 2.25. The lowest BCUT2D eigenvalue weighted by Crippen LogP contribution is -2.30. The Labute approximate surface area is 183 Å². The normalized spacial score (nSPS) is 13.7. The molecule has 0 aliphatic carbocycles. The van der Waals surface area contributed by atoms with Crippen molar-refractivity contribution < 1.29 is 14.3 Å². The number of ether oxygens (including phenoxy) is 1. The number of nitrogens with one attached hydrogen (secondary N) is 1. The quantitative estimate of drug-likeness (QED) is 0.585. The lowest BCUT2D eigenvalue weighted by atomic mass is 9.96. The first-order valence-electron chi connectivity index (χ1n) is 9.74. The molecule has 4 rings (SSSR count). The smallest absolute Gasteiger partial charge is 0.339 e. The third-order valence-corrected chi connectivity index (χ3v) is 6.11. The van der Waals surface area contributed by atoms with E-state index in [1.165, 1.54) is 0 Å². The Morgan fingerprint density at radius 2 is 2.03 bits per heavy atom. The van der Waals surface area contributed by atoms with Crippen LogP contribution in [0.2, 0.25) is 0 Å². The fourth-order valence-corrected chi connectivity index (χ4v) is 3.93. The molecule has 0 spiro atoms. The Balaban J connectivity index is 1.55. The molecular weight excluding hydrogens is 446 g/mol. The highest BCUT2D eigenvalue weighted by Crippen LogP contribution is 2.28. The molecule has 1 aliphatic rings. The number of benzene rings is 2. The maximum absolute atomic E-state index is 13.0. The molecule has 2 aromatic carbocycles. The highest BCUT2D eigenvalue weighted by atomic mass is 79.9. The van der Waals surface area contributed by atoms with Crippen LogP contribution in [0.3, 0.4) is 0 Å². The molecule has 30 heavy (non-hydrogen) atoms. The molecule has 0 unspecified atom stereocenters. The number of carbonyl (C=O) groups is 2. The van der Waals surface area contributed by atoms with Crippen molar-refractivity contribution in [1.29, 1.82) is 0 Å². The predicted molar refractivity (Wildman–Crippen MR) is 120 cm³/mol. The van der Waals surface area contributed by atoms with Crippen molar-refractivity contribution in [2.24, 2.45) is 0 Å². The van der Waals surface area contributed by atoms with Gasteiger partial charge in [-0.2, -0.15) is 0 Å². The van der Waals surface area contributed by atoms with Crippen LogP contribution in [0.4, 0.5) is 5.69 Å². The standard InChI is InChI=1S/C23H22BrN3O3/c1-14-11-15(7-8-18(14)24)25-21(28)13-30-23(29)22-16-5-3-4-6-19(16)26-20-9-10-27(2)12-17(20)22/h3-8,11H,9-10,12-13H2,1-2H3,(H,25,28). The lowest BCUT2D eigenvalue weighted by Gasteiger charge is -2.26. The van der Waals surface area contributed by atoms with E-state index < -0.39 is 5.97 Å². The number of hydrogen-bond acceptors (Lipinski definition) is 5. The molecule has 3 aromatic rings. The minimum absolute atomic E-state index is 0.352. The third kappa shape index (κ3) is 4.22. The van der Waals surface area contributed by atoms with Crippen molar-refractivity contribution in [1.82, 2.24) is 9.88 Å². The molecule has 154 valence electrons. The van der Waals surface area contributed by atoms with Crippen LogP contribution in [0.5, 0.6) is 0 Å². The van der Waals surface area contributed by atoms with E-state index in [0.29, 0.717) is 17.8 Å². The Kier molecular flexibility index (Phi) is 5.83. The fourth-order valence-electron chi connectivity index (χ4n) is 3.68. The molecule has 0 saturated heterocycles. The number of fused-ring (bicyclic) bond motifs is 2. The molecule has 0 radical (unpaired) electrons. The van der Waals surface area contributed by atoms with Crippen LogP contribution in [-0.4, -0.2) is 42.0 Å². The van der Waals surface area contributed by atoms with Crippen molar-refractivity contribution in [3.05, 3.63) is 69.3 Å². The number of pyridine rings is 1. The van der Waals surface area contributed by atoms with Gasteiger partial charge in [0.25, 0.3) is 5.91 Å². The van der Waals surface area contributed by atoms with Gasteiger partial charge in [-0.25, -0.2) is 4.79 Å². The number of likely N-dealkylation sites (N-methyl/N-ethyl adjacent to an activating group) is 1. The summed E-state index contributed by atoms with van der Waals surface area (Å²) in [4.78, 5) is 32.3. The molecule has 0 fully saturated rings. The maximum Gasteiger partial charge on any atom is 0.339 e. The summed E-state index contributed by atoms with van der Waals surface area (Å²) in [6.07, 6.45) is 0.778. The van der Waals surface area contributed by atoms with Gasteiger partial charge in [0, 0.05) is 46.3 Å². The monoisotopic (exact) mass is 467 g/mol. The number of para-hydroxylation sites is 1. The zero-order chi connectivity index (χ0) is 21.3. The number of amides is 1. The predicted octanol–water partition coefficient (Wildman–Crippen LogP) is 4.09. The average molecular weight is 468 g/mol. The summed E-state index contributed by atoms with van der Waals surface area (Å²) in [5, 5.41) is 3.52. The van der Waals surface area contributed by atoms with Crippen LogP contribution < -0.4 is 5.32 Å². The SMILES string of the molecule is Cc1cc(NC(=O)COC(=O)c2c3c(nc4ccccc24)CCN(C)C3)ccc1Br. The fraction of sp³-hybridized carbons (Fsp3) is 0.261. The number of anilines is 1. The number of nitrogens with zero attached hydrogens (tertiary/aromatic N) is 2. The molecule has 1 aliphatic heterocycles. The molecule has 7 heteroatoms. The largest absolute Gasteiger partial charge is 0.452 e. The molecule has 0 saturated carbocycles. The van der Waals surface area contributed by atoms with Crippen molar-refractivity contribution in [3.8, 4) is 0 Å². The minimum atomic E-state index is -0.498. The summed E-state index contributed by atoms with van der Waals surface area (Å²) in [6.45, 7) is 3.10. The zero-order valence-corrected chi connectivity index (χ0v) is 18.5. The second-order valence-electron chi connectivity index (χ2n) is 7.51. The van der Waals surface area contributed by atoms with Crippen molar-refractivity contribution in [3.63, 3.8) is 0 Å². The number of aryl methyl sites for hydroxylation is 1. The summed E-state index contributed by atoms with van der Waals surface area (Å²) in [7, 11) is 2.01. The number of carbonyl (C=O) groups excluding carboxylic acids is 2. The van der Waals surface area contributed by atoms with Crippen molar-refractivity contribution in [2.45, 2.75) is 19.9 Å². The van der Waals surface area contributed by atoms with Crippen LogP contribution in [-0.2, 0) is 22.5 Å². The molecule has 1 aromatic heterocycles. The van der Waals surface area contributed by atoms with Crippen molar-refractivity contribution >= 4 is 44.4 Å². The molecule has 1 amide bonds. The number of aromatic nitrogens is 1. The topological polar surface area (TPSA) is 71.5 Å². The number of hydrogen-bond donors (Lipinski definition) is 1. The van der Waals surface area contributed by atoms with Crippen LogP contribution in [0, 0.1) is 6.92 Å². The van der Waals surface area contributed by atoms with Gasteiger partial charge in [0.2, 0.25) is 0 Å². The third-order valence-electron chi connectivity index (χ3n) is 5.22. The molecule has 0 bridgehead atoms. The summed E-state index contributed by atoms with van der Waals surface area (Å²) in [5.74, 6) is -0.878. The summed E-state index contributed by atoms with van der Waals surface area (Å²) in [6, 6.07) is 13.1. The summed E-state index contributed by atoms with van der Waals surface area (Å²) >= 11 is 3.43. The summed E-state index contributed by atoms with van der Waals surface area (Å²) in [5.41, 5.74) is 4.75. The highest BCUT2D eigenvalue weighted by molar-refractivity contribution is 9.10. The van der Waals surface area contributed by atoms with Crippen LogP contribution in [0.1, 0.15) is 27.2 Å².